The third kappa shape index (κ3) is 5.37. The number of ether oxygens (including phenoxy) is 1. The Morgan fingerprint density at radius 3 is 2.48 bits per heavy atom. The third-order valence-electron chi connectivity index (χ3n) is 2.74. The molecule has 7 heteroatoms. The number of benzene rings is 2. The lowest BCUT2D eigenvalue weighted by molar-refractivity contribution is -0.118. The summed E-state index contributed by atoms with van der Waals surface area (Å²) >= 11 is 3.29. The minimum atomic E-state index is -0.601. The molecule has 2 aromatic carbocycles. The number of rotatable bonds is 5. The summed E-state index contributed by atoms with van der Waals surface area (Å²) < 4.78 is 19.9. The molecule has 0 radical (unpaired) electrons. The first-order chi connectivity index (χ1) is 10.9. The van der Waals surface area contributed by atoms with Crippen molar-refractivity contribution in [3.63, 3.8) is 0 Å². The standard InChI is InChI=1S/C16H14BrFN2O3/c1-10(21)19-12-4-7-14(18)15(8-12)20-16(22)9-23-13-5-2-11(17)3-6-13/h2-8H,9H2,1H3,(H,19,21)(H,20,22). The third-order valence-corrected chi connectivity index (χ3v) is 3.27. The molecule has 5 nitrogen and oxygen atoms in total. The molecule has 2 N–H and O–H groups in total. The zero-order chi connectivity index (χ0) is 16.8. The van der Waals surface area contributed by atoms with Crippen molar-refractivity contribution < 1.29 is 18.7 Å². The van der Waals surface area contributed by atoms with Crippen LogP contribution in [0.25, 0.3) is 0 Å². The topological polar surface area (TPSA) is 67.4 Å². The Kier molecular flexibility index (Phi) is 5.70. The molecule has 0 aliphatic heterocycles. The highest BCUT2D eigenvalue weighted by molar-refractivity contribution is 9.10. The fourth-order valence-corrected chi connectivity index (χ4v) is 2.03. The predicted octanol–water partition coefficient (Wildman–Crippen LogP) is 3.56. The van der Waals surface area contributed by atoms with E-state index in [-0.39, 0.29) is 18.2 Å². The van der Waals surface area contributed by atoms with E-state index in [1.165, 1.54) is 19.1 Å². The molecule has 0 bridgehead atoms. The van der Waals surface area contributed by atoms with Gasteiger partial charge in [-0.3, -0.25) is 9.59 Å². The van der Waals surface area contributed by atoms with Crippen molar-refractivity contribution in [2.45, 2.75) is 6.92 Å². The minimum absolute atomic E-state index is 0.0272. The number of carbonyl (C=O) groups is 2. The lowest BCUT2D eigenvalue weighted by Crippen LogP contribution is -2.21. The summed E-state index contributed by atoms with van der Waals surface area (Å²) in [5.74, 6) is -0.869. The van der Waals surface area contributed by atoms with Gasteiger partial charge < -0.3 is 15.4 Å². The minimum Gasteiger partial charge on any atom is -0.484 e. The van der Waals surface area contributed by atoms with Crippen LogP contribution in [0.1, 0.15) is 6.92 Å². The lowest BCUT2D eigenvalue weighted by Gasteiger charge is -2.10. The van der Waals surface area contributed by atoms with Gasteiger partial charge in [0, 0.05) is 17.1 Å². The zero-order valence-corrected chi connectivity index (χ0v) is 13.8. The van der Waals surface area contributed by atoms with E-state index in [2.05, 4.69) is 26.6 Å². The summed E-state index contributed by atoms with van der Waals surface area (Å²) in [4.78, 5) is 22.8. The van der Waals surface area contributed by atoms with Gasteiger partial charge in [0.15, 0.2) is 6.61 Å². The number of anilines is 2. The van der Waals surface area contributed by atoms with E-state index in [1.54, 1.807) is 24.3 Å². The van der Waals surface area contributed by atoms with Crippen molar-refractivity contribution in [1.29, 1.82) is 0 Å². The molecular weight excluding hydrogens is 367 g/mol. The van der Waals surface area contributed by atoms with Gasteiger partial charge in [0.25, 0.3) is 5.91 Å². The quantitative estimate of drug-likeness (QED) is 0.832. The average molecular weight is 381 g/mol. The summed E-state index contributed by atoms with van der Waals surface area (Å²) in [6, 6.07) is 10.9. The van der Waals surface area contributed by atoms with E-state index in [4.69, 9.17) is 4.74 Å². The van der Waals surface area contributed by atoms with Crippen molar-refractivity contribution in [2.75, 3.05) is 17.2 Å². The summed E-state index contributed by atoms with van der Waals surface area (Å²) in [5.41, 5.74) is 0.365. The molecule has 2 amide bonds. The number of carbonyl (C=O) groups excluding carboxylic acids is 2. The van der Waals surface area contributed by atoms with Crippen LogP contribution in [-0.4, -0.2) is 18.4 Å². The predicted molar refractivity (Wildman–Crippen MR) is 89.0 cm³/mol. The summed E-state index contributed by atoms with van der Waals surface area (Å²) in [5, 5.41) is 4.92. The van der Waals surface area contributed by atoms with Gasteiger partial charge in [-0.1, -0.05) is 15.9 Å². The first kappa shape index (κ1) is 17.0. The van der Waals surface area contributed by atoms with Crippen LogP contribution in [-0.2, 0) is 9.59 Å². The number of nitrogens with one attached hydrogen (secondary N) is 2. The molecule has 0 saturated heterocycles. The smallest absolute Gasteiger partial charge is 0.262 e. The fraction of sp³-hybridized carbons (Fsp3) is 0.125. The monoisotopic (exact) mass is 380 g/mol. The Balaban J connectivity index is 1.96. The molecule has 0 aliphatic rings. The molecule has 2 aromatic rings. The van der Waals surface area contributed by atoms with Gasteiger partial charge in [-0.2, -0.15) is 0 Å². The second-order valence-electron chi connectivity index (χ2n) is 4.67. The van der Waals surface area contributed by atoms with Crippen LogP contribution in [0.2, 0.25) is 0 Å². The maximum Gasteiger partial charge on any atom is 0.262 e. The van der Waals surface area contributed by atoms with Gasteiger partial charge in [0.1, 0.15) is 11.6 Å². The fourth-order valence-electron chi connectivity index (χ4n) is 1.77. The molecule has 0 atom stereocenters. The largest absolute Gasteiger partial charge is 0.484 e. The zero-order valence-electron chi connectivity index (χ0n) is 12.2. The number of halogens is 2. The van der Waals surface area contributed by atoms with E-state index in [1.807, 2.05) is 0 Å². The van der Waals surface area contributed by atoms with Crippen LogP contribution in [0.4, 0.5) is 15.8 Å². The average Bonchev–Trinajstić information content (AvgIpc) is 2.49. The summed E-state index contributed by atoms with van der Waals surface area (Å²) in [7, 11) is 0. The highest BCUT2D eigenvalue weighted by atomic mass is 79.9. The van der Waals surface area contributed by atoms with E-state index in [9.17, 15) is 14.0 Å². The lowest BCUT2D eigenvalue weighted by atomic mass is 10.2. The van der Waals surface area contributed by atoms with Crippen LogP contribution in [0.15, 0.2) is 46.9 Å². The SMILES string of the molecule is CC(=O)Nc1ccc(F)c(NC(=O)COc2ccc(Br)cc2)c1. The van der Waals surface area contributed by atoms with E-state index >= 15 is 0 Å². The van der Waals surface area contributed by atoms with Crippen molar-refractivity contribution in [3.05, 3.63) is 52.8 Å². The van der Waals surface area contributed by atoms with Crippen LogP contribution in [0.5, 0.6) is 5.75 Å². The summed E-state index contributed by atoms with van der Waals surface area (Å²) in [6.45, 7) is 1.08. The van der Waals surface area contributed by atoms with Gasteiger partial charge in [-0.25, -0.2) is 4.39 Å². The van der Waals surface area contributed by atoms with E-state index < -0.39 is 11.7 Å². The molecule has 0 heterocycles. The Morgan fingerprint density at radius 1 is 1.13 bits per heavy atom. The van der Waals surface area contributed by atoms with Crippen molar-refractivity contribution >= 4 is 39.1 Å². The van der Waals surface area contributed by atoms with E-state index in [0.29, 0.717) is 11.4 Å². The number of hydrogen-bond acceptors (Lipinski definition) is 3. The Hall–Kier alpha value is -2.41. The molecule has 0 unspecified atom stereocenters. The van der Waals surface area contributed by atoms with Crippen molar-refractivity contribution in [2.24, 2.45) is 0 Å². The highest BCUT2D eigenvalue weighted by Gasteiger charge is 2.09. The second kappa shape index (κ2) is 7.73. The van der Waals surface area contributed by atoms with Gasteiger partial charge in [-0.05, 0) is 42.5 Å². The molecule has 0 aliphatic carbocycles. The molecule has 0 spiro atoms. The molecule has 0 saturated carbocycles. The first-order valence-electron chi connectivity index (χ1n) is 6.69. The second-order valence-corrected chi connectivity index (χ2v) is 5.58. The molecule has 0 aromatic heterocycles. The molecule has 2 rings (SSSR count). The molecule has 23 heavy (non-hydrogen) atoms. The van der Waals surface area contributed by atoms with Crippen molar-refractivity contribution in [3.8, 4) is 5.75 Å². The van der Waals surface area contributed by atoms with E-state index in [0.717, 1.165) is 10.5 Å². The number of amides is 2. The Bertz CT molecular complexity index is 720. The molecular formula is C16H14BrFN2O3. The van der Waals surface area contributed by atoms with Crippen LogP contribution >= 0.6 is 15.9 Å². The first-order valence-corrected chi connectivity index (χ1v) is 7.48. The van der Waals surface area contributed by atoms with Crippen LogP contribution in [0.3, 0.4) is 0 Å². The van der Waals surface area contributed by atoms with Gasteiger partial charge in [0.2, 0.25) is 5.91 Å². The summed E-state index contributed by atoms with van der Waals surface area (Å²) in [6.07, 6.45) is 0. The molecule has 0 fully saturated rings. The Labute approximate surface area is 141 Å². The van der Waals surface area contributed by atoms with Crippen LogP contribution < -0.4 is 15.4 Å². The number of hydrogen-bond donors (Lipinski definition) is 2. The normalized spacial score (nSPS) is 10.0. The Morgan fingerprint density at radius 2 is 1.83 bits per heavy atom. The van der Waals surface area contributed by atoms with Gasteiger partial charge >= 0.3 is 0 Å². The van der Waals surface area contributed by atoms with Crippen LogP contribution in [0, 0.1) is 5.82 Å². The maximum absolute atomic E-state index is 13.7. The van der Waals surface area contributed by atoms with Gasteiger partial charge in [0.05, 0.1) is 5.69 Å². The van der Waals surface area contributed by atoms with Gasteiger partial charge in [-0.15, -0.1) is 0 Å². The highest BCUT2D eigenvalue weighted by Crippen LogP contribution is 2.20. The van der Waals surface area contributed by atoms with Crippen molar-refractivity contribution in [1.82, 2.24) is 0 Å². The maximum atomic E-state index is 13.7. The molecule has 120 valence electrons.